The van der Waals surface area contributed by atoms with E-state index in [0.29, 0.717) is 19.0 Å². The fourth-order valence-electron chi connectivity index (χ4n) is 6.09. The van der Waals surface area contributed by atoms with Crippen LogP contribution in [-0.4, -0.2) is 102 Å². The molecule has 9 nitrogen and oxygen atoms in total. The summed E-state index contributed by atoms with van der Waals surface area (Å²) in [6.07, 6.45) is 10.2. The molecule has 3 fully saturated rings. The van der Waals surface area contributed by atoms with Gasteiger partial charge in [-0.15, -0.1) is 0 Å². The molecule has 1 atom stereocenters. The number of H-pyrrole nitrogens is 1. The van der Waals surface area contributed by atoms with Crippen molar-refractivity contribution in [1.82, 2.24) is 29.1 Å². The van der Waals surface area contributed by atoms with Gasteiger partial charge in [-0.1, -0.05) is 0 Å². The summed E-state index contributed by atoms with van der Waals surface area (Å²) >= 11 is 0. The zero-order chi connectivity index (χ0) is 23.8. The van der Waals surface area contributed by atoms with E-state index in [9.17, 15) is 8.42 Å². The number of sulfonamides is 1. The highest BCUT2D eigenvalue weighted by molar-refractivity contribution is 7.89. The van der Waals surface area contributed by atoms with Crippen molar-refractivity contribution in [1.29, 1.82) is 0 Å². The Hall–Kier alpha value is -2.27. The second kappa shape index (κ2) is 9.65. The first-order valence-corrected chi connectivity index (χ1v) is 14.6. The molecule has 6 heterocycles. The number of hydrogen-bond acceptors (Lipinski definition) is 7. The third-order valence-electron chi connectivity index (χ3n) is 7.92. The number of anilines is 1. The van der Waals surface area contributed by atoms with Crippen molar-refractivity contribution in [2.24, 2.45) is 5.92 Å². The van der Waals surface area contributed by atoms with Gasteiger partial charge in [0, 0.05) is 74.7 Å². The van der Waals surface area contributed by atoms with Crippen LogP contribution < -0.4 is 4.90 Å². The van der Waals surface area contributed by atoms with Gasteiger partial charge in [0.25, 0.3) is 0 Å². The first-order valence-electron chi connectivity index (χ1n) is 13.0. The summed E-state index contributed by atoms with van der Waals surface area (Å²) in [4.78, 5) is 19.1. The van der Waals surface area contributed by atoms with Gasteiger partial charge in [0.2, 0.25) is 10.0 Å². The lowest BCUT2D eigenvalue weighted by molar-refractivity contribution is 0.196. The number of aromatic nitrogens is 3. The molecule has 0 bridgehead atoms. The molecule has 0 aromatic carbocycles. The lowest BCUT2D eigenvalue weighted by Gasteiger charge is -2.38. The second-order valence-electron chi connectivity index (χ2n) is 10.3. The molecule has 0 amide bonds. The normalized spacial score (nSPS) is 23.5. The number of rotatable bonds is 6. The summed E-state index contributed by atoms with van der Waals surface area (Å²) < 4.78 is 28.4. The van der Waals surface area contributed by atoms with Crippen LogP contribution in [0.2, 0.25) is 0 Å². The summed E-state index contributed by atoms with van der Waals surface area (Å²) in [5.74, 6) is 0.591. The number of fused-ring (bicyclic) bond motifs is 3. The highest BCUT2D eigenvalue weighted by Gasteiger charge is 2.32. The summed E-state index contributed by atoms with van der Waals surface area (Å²) in [6.45, 7) is 7.80. The quantitative estimate of drug-likeness (QED) is 0.559. The van der Waals surface area contributed by atoms with E-state index in [1.807, 2.05) is 24.7 Å². The zero-order valence-corrected chi connectivity index (χ0v) is 21.1. The van der Waals surface area contributed by atoms with Gasteiger partial charge in [0.15, 0.2) is 0 Å². The molecule has 0 saturated carbocycles. The topological polar surface area (TPSA) is 88.7 Å². The smallest absolute Gasteiger partial charge is 0.227 e. The van der Waals surface area contributed by atoms with E-state index in [1.54, 1.807) is 4.31 Å². The summed E-state index contributed by atoms with van der Waals surface area (Å²) in [6, 6.07) is 4.11. The van der Waals surface area contributed by atoms with Gasteiger partial charge < -0.3 is 14.8 Å². The van der Waals surface area contributed by atoms with Crippen LogP contribution in [0, 0.1) is 5.92 Å². The fraction of sp³-hybridized carbons (Fsp3) is 0.600. The molecule has 10 heteroatoms. The minimum absolute atomic E-state index is 0.125. The molecular weight excluding hydrogens is 462 g/mol. The van der Waals surface area contributed by atoms with Crippen molar-refractivity contribution < 1.29 is 8.42 Å². The van der Waals surface area contributed by atoms with E-state index in [0.717, 1.165) is 73.2 Å². The van der Waals surface area contributed by atoms with Crippen molar-refractivity contribution in [3.05, 3.63) is 30.7 Å². The van der Waals surface area contributed by atoms with Crippen molar-refractivity contribution >= 4 is 37.6 Å². The summed E-state index contributed by atoms with van der Waals surface area (Å²) in [7, 11) is -3.29. The molecule has 1 unspecified atom stereocenters. The van der Waals surface area contributed by atoms with Crippen LogP contribution in [0.25, 0.3) is 21.9 Å². The Morgan fingerprint density at radius 1 is 0.943 bits per heavy atom. The molecule has 0 spiro atoms. The highest BCUT2D eigenvalue weighted by Crippen LogP contribution is 2.32. The van der Waals surface area contributed by atoms with Crippen LogP contribution in [0.4, 0.5) is 5.69 Å². The van der Waals surface area contributed by atoms with Gasteiger partial charge in [-0.2, -0.15) is 0 Å². The van der Waals surface area contributed by atoms with E-state index < -0.39 is 10.0 Å². The lowest BCUT2D eigenvalue weighted by Crippen LogP contribution is -2.51. The number of nitrogens with zero attached hydrogens (tertiary/aromatic N) is 6. The zero-order valence-electron chi connectivity index (χ0n) is 20.3. The van der Waals surface area contributed by atoms with Crippen molar-refractivity contribution in [2.45, 2.75) is 25.7 Å². The molecule has 3 saturated heterocycles. The predicted molar refractivity (Wildman–Crippen MR) is 139 cm³/mol. The van der Waals surface area contributed by atoms with Gasteiger partial charge >= 0.3 is 0 Å². The Kier molecular flexibility index (Phi) is 6.38. The monoisotopic (exact) mass is 497 g/mol. The van der Waals surface area contributed by atoms with Crippen LogP contribution >= 0.6 is 0 Å². The van der Waals surface area contributed by atoms with E-state index in [-0.39, 0.29) is 5.88 Å². The molecule has 0 aliphatic carbocycles. The van der Waals surface area contributed by atoms with Crippen molar-refractivity contribution in [2.75, 3.05) is 69.7 Å². The third kappa shape index (κ3) is 4.76. The van der Waals surface area contributed by atoms with Crippen molar-refractivity contribution in [3.63, 3.8) is 0 Å². The van der Waals surface area contributed by atoms with Gasteiger partial charge in [0.05, 0.1) is 11.7 Å². The van der Waals surface area contributed by atoms with Crippen LogP contribution in [0.3, 0.4) is 0 Å². The van der Waals surface area contributed by atoms with Crippen LogP contribution in [0.5, 0.6) is 0 Å². The Balaban J connectivity index is 1.10. The molecule has 3 aliphatic rings. The van der Waals surface area contributed by atoms with Gasteiger partial charge in [-0.05, 0) is 56.8 Å². The number of pyridine rings is 2. The molecule has 35 heavy (non-hydrogen) atoms. The highest BCUT2D eigenvalue weighted by atomic mass is 32.2. The average Bonchev–Trinajstić information content (AvgIpc) is 3.56. The van der Waals surface area contributed by atoms with Crippen LogP contribution in [-0.2, 0) is 10.0 Å². The Bertz CT molecular complexity index is 1280. The Labute approximate surface area is 207 Å². The number of hydrogen-bond donors (Lipinski definition) is 1. The molecule has 3 aromatic rings. The number of aromatic amines is 1. The molecule has 3 aromatic heterocycles. The van der Waals surface area contributed by atoms with E-state index in [4.69, 9.17) is 0 Å². The average molecular weight is 498 g/mol. The number of piperazine rings is 1. The lowest BCUT2D eigenvalue weighted by atomic mass is 9.99. The van der Waals surface area contributed by atoms with Crippen LogP contribution in [0.15, 0.2) is 30.7 Å². The maximum Gasteiger partial charge on any atom is 0.227 e. The fourth-order valence-corrected chi connectivity index (χ4v) is 7.82. The van der Waals surface area contributed by atoms with Crippen LogP contribution in [0.1, 0.15) is 25.7 Å². The summed E-state index contributed by atoms with van der Waals surface area (Å²) in [5.41, 5.74) is 2.89. The van der Waals surface area contributed by atoms with Gasteiger partial charge in [0.1, 0.15) is 11.5 Å². The minimum atomic E-state index is -3.29. The SMILES string of the molecule is O=S(=O)(CN1CCN(c2ccnc3cnc4[nH]ccc4c23)CC1)N1CCCC(CN2CCCC2)C1. The minimum Gasteiger partial charge on any atom is -0.368 e. The maximum atomic E-state index is 13.3. The standard InChI is InChI=1S/C25H35N7O2S/c33-35(34,32-11-3-4-20(18-32)17-29-9-1-2-10-29)19-30-12-14-31(15-13-30)23-6-8-26-22-16-28-25-21(24(22)23)5-7-27-25/h5-8,16,20H,1-4,9-15,17-19H2,(H,27,28). The van der Waals surface area contributed by atoms with Gasteiger partial charge in [-0.25, -0.2) is 17.7 Å². The number of nitrogens with one attached hydrogen (secondary N) is 1. The first-order chi connectivity index (χ1) is 17.1. The molecule has 0 radical (unpaired) electrons. The largest absolute Gasteiger partial charge is 0.368 e. The number of likely N-dealkylation sites (tertiary alicyclic amines) is 1. The number of piperidine rings is 1. The second-order valence-corrected chi connectivity index (χ2v) is 12.2. The van der Waals surface area contributed by atoms with E-state index in [1.165, 1.54) is 25.9 Å². The summed E-state index contributed by atoms with van der Waals surface area (Å²) in [5, 5.41) is 2.18. The first kappa shape index (κ1) is 23.1. The van der Waals surface area contributed by atoms with Gasteiger partial charge in [-0.3, -0.25) is 9.88 Å². The maximum absolute atomic E-state index is 13.3. The van der Waals surface area contributed by atoms with Crippen molar-refractivity contribution in [3.8, 4) is 0 Å². The molecule has 188 valence electrons. The van der Waals surface area contributed by atoms with E-state index in [2.05, 4.69) is 35.7 Å². The predicted octanol–water partition coefficient (Wildman–Crippen LogP) is 2.33. The molecule has 6 rings (SSSR count). The Morgan fingerprint density at radius 3 is 2.60 bits per heavy atom. The van der Waals surface area contributed by atoms with E-state index >= 15 is 0 Å². The molecule has 3 aliphatic heterocycles. The molecule has 1 N–H and O–H groups in total. The Morgan fingerprint density at radius 2 is 1.77 bits per heavy atom. The third-order valence-corrected chi connectivity index (χ3v) is 9.73. The molecular formula is C25H35N7O2S.